The molecular formula is C9H5BrClF3O2. The average molecular weight is 317 g/mol. The van der Waals surface area contributed by atoms with Crippen LogP contribution in [-0.2, 0) is 10.9 Å². The standard InChI is InChI=1S/C9H5BrClF3O2/c1-16-8(15)6-4(9(12,13)14)2-3-5(11)7(6)10/h2-3H,1H3. The van der Waals surface area contributed by atoms with Crippen molar-refractivity contribution in [2.75, 3.05) is 7.11 Å². The molecule has 7 heteroatoms. The number of carbonyl (C=O) groups excluding carboxylic acids is 1. The fourth-order valence-electron chi connectivity index (χ4n) is 1.09. The number of esters is 1. The Bertz CT molecular complexity index is 431. The van der Waals surface area contributed by atoms with Crippen molar-refractivity contribution in [2.45, 2.75) is 6.18 Å². The van der Waals surface area contributed by atoms with Gasteiger partial charge in [-0.25, -0.2) is 4.79 Å². The molecule has 0 bridgehead atoms. The summed E-state index contributed by atoms with van der Waals surface area (Å²) in [6.07, 6.45) is -4.64. The Morgan fingerprint density at radius 3 is 2.44 bits per heavy atom. The summed E-state index contributed by atoms with van der Waals surface area (Å²) in [6, 6.07) is 1.79. The first-order valence-corrected chi connectivity index (χ1v) is 5.09. The number of ether oxygens (including phenoxy) is 1. The maximum Gasteiger partial charge on any atom is 0.417 e. The van der Waals surface area contributed by atoms with Gasteiger partial charge in [0.1, 0.15) is 0 Å². The SMILES string of the molecule is COC(=O)c1c(C(F)(F)F)ccc(Cl)c1Br. The number of hydrogen-bond acceptors (Lipinski definition) is 2. The van der Waals surface area contributed by atoms with E-state index < -0.39 is 23.3 Å². The van der Waals surface area contributed by atoms with Crippen LogP contribution in [0, 0.1) is 0 Å². The molecule has 1 aromatic rings. The van der Waals surface area contributed by atoms with E-state index >= 15 is 0 Å². The van der Waals surface area contributed by atoms with E-state index in [0.29, 0.717) is 0 Å². The molecule has 0 atom stereocenters. The normalized spacial score (nSPS) is 11.4. The molecule has 0 amide bonds. The van der Waals surface area contributed by atoms with Crippen LogP contribution >= 0.6 is 27.5 Å². The highest BCUT2D eigenvalue weighted by Crippen LogP contribution is 2.38. The van der Waals surface area contributed by atoms with Crippen LogP contribution in [0.4, 0.5) is 13.2 Å². The molecule has 0 N–H and O–H groups in total. The number of carbonyl (C=O) groups is 1. The minimum atomic E-state index is -4.64. The summed E-state index contributed by atoms with van der Waals surface area (Å²) in [5.41, 5.74) is -1.71. The van der Waals surface area contributed by atoms with Gasteiger partial charge in [0, 0.05) is 0 Å². The zero-order valence-electron chi connectivity index (χ0n) is 7.86. The summed E-state index contributed by atoms with van der Waals surface area (Å²) < 4.78 is 41.9. The molecule has 0 saturated carbocycles. The number of rotatable bonds is 1. The van der Waals surface area contributed by atoms with E-state index in [1.807, 2.05) is 0 Å². The van der Waals surface area contributed by atoms with E-state index in [4.69, 9.17) is 11.6 Å². The van der Waals surface area contributed by atoms with Gasteiger partial charge in [0.2, 0.25) is 0 Å². The highest BCUT2D eigenvalue weighted by atomic mass is 79.9. The molecular weight excluding hydrogens is 312 g/mol. The van der Waals surface area contributed by atoms with Crippen molar-refractivity contribution in [2.24, 2.45) is 0 Å². The van der Waals surface area contributed by atoms with Gasteiger partial charge in [0.05, 0.1) is 27.7 Å². The van der Waals surface area contributed by atoms with Crippen LogP contribution in [0.1, 0.15) is 15.9 Å². The van der Waals surface area contributed by atoms with Crippen molar-refractivity contribution in [1.82, 2.24) is 0 Å². The number of methoxy groups -OCH3 is 1. The first-order chi connectivity index (χ1) is 7.29. The maximum absolute atomic E-state index is 12.6. The molecule has 0 saturated heterocycles. The van der Waals surface area contributed by atoms with Gasteiger partial charge >= 0.3 is 12.1 Å². The van der Waals surface area contributed by atoms with Gasteiger partial charge in [-0.05, 0) is 28.1 Å². The molecule has 16 heavy (non-hydrogen) atoms. The smallest absolute Gasteiger partial charge is 0.417 e. The van der Waals surface area contributed by atoms with Crippen molar-refractivity contribution < 1.29 is 22.7 Å². The lowest BCUT2D eigenvalue weighted by atomic mass is 10.1. The van der Waals surface area contributed by atoms with Crippen LogP contribution in [0.25, 0.3) is 0 Å². The molecule has 1 rings (SSSR count). The lowest BCUT2D eigenvalue weighted by Gasteiger charge is -2.13. The predicted octanol–water partition coefficient (Wildman–Crippen LogP) is 3.91. The van der Waals surface area contributed by atoms with Crippen molar-refractivity contribution >= 4 is 33.5 Å². The quantitative estimate of drug-likeness (QED) is 0.734. The number of hydrogen-bond donors (Lipinski definition) is 0. The highest BCUT2D eigenvalue weighted by Gasteiger charge is 2.37. The van der Waals surface area contributed by atoms with Crippen molar-refractivity contribution in [1.29, 1.82) is 0 Å². The Labute approximate surface area is 102 Å². The Morgan fingerprint density at radius 1 is 1.44 bits per heavy atom. The monoisotopic (exact) mass is 316 g/mol. The third kappa shape index (κ3) is 2.49. The Balaban J connectivity index is 3.51. The Hall–Kier alpha value is -0.750. The molecule has 0 heterocycles. The fourth-order valence-corrected chi connectivity index (χ4v) is 1.75. The molecule has 1 aromatic carbocycles. The summed E-state index contributed by atoms with van der Waals surface area (Å²) in [5, 5.41) is 0.00778. The van der Waals surface area contributed by atoms with Crippen molar-refractivity contribution in [3.8, 4) is 0 Å². The molecule has 0 aliphatic carbocycles. The van der Waals surface area contributed by atoms with Gasteiger partial charge < -0.3 is 4.74 Å². The molecule has 0 aromatic heterocycles. The van der Waals surface area contributed by atoms with E-state index in [2.05, 4.69) is 20.7 Å². The summed E-state index contributed by atoms with van der Waals surface area (Å²) >= 11 is 8.45. The van der Waals surface area contributed by atoms with Gasteiger partial charge in [0.15, 0.2) is 0 Å². The highest BCUT2D eigenvalue weighted by molar-refractivity contribution is 9.10. The average Bonchev–Trinajstić information content (AvgIpc) is 2.19. The van der Waals surface area contributed by atoms with Gasteiger partial charge in [-0.1, -0.05) is 11.6 Å². The third-order valence-corrected chi connectivity index (χ3v) is 3.16. The first-order valence-electron chi connectivity index (χ1n) is 3.92. The number of alkyl halides is 3. The lowest BCUT2D eigenvalue weighted by molar-refractivity contribution is -0.138. The lowest BCUT2D eigenvalue weighted by Crippen LogP contribution is -2.15. The van der Waals surface area contributed by atoms with Crippen LogP contribution in [-0.4, -0.2) is 13.1 Å². The van der Waals surface area contributed by atoms with Crippen LogP contribution in [0.3, 0.4) is 0 Å². The summed E-state index contributed by atoms with van der Waals surface area (Å²) in [5.74, 6) is -1.10. The molecule has 0 aliphatic rings. The van der Waals surface area contributed by atoms with Gasteiger partial charge in [-0.3, -0.25) is 0 Å². The predicted molar refractivity (Wildman–Crippen MR) is 55.5 cm³/mol. The summed E-state index contributed by atoms with van der Waals surface area (Å²) in [7, 11) is 0.996. The molecule has 2 nitrogen and oxygen atoms in total. The molecule has 0 fully saturated rings. The second-order valence-electron chi connectivity index (χ2n) is 2.77. The maximum atomic E-state index is 12.6. The van der Waals surface area contributed by atoms with Gasteiger partial charge in [-0.15, -0.1) is 0 Å². The van der Waals surface area contributed by atoms with E-state index in [9.17, 15) is 18.0 Å². The minimum absolute atomic E-state index is 0.00778. The van der Waals surface area contributed by atoms with Crippen LogP contribution in [0.2, 0.25) is 5.02 Å². The topological polar surface area (TPSA) is 26.3 Å². The van der Waals surface area contributed by atoms with Crippen LogP contribution < -0.4 is 0 Å². The third-order valence-electron chi connectivity index (χ3n) is 1.79. The zero-order chi connectivity index (χ0) is 12.5. The second-order valence-corrected chi connectivity index (χ2v) is 3.97. The van der Waals surface area contributed by atoms with E-state index in [1.54, 1.807) is 0 Å². The largest absolute Gasteiger partial charge is 0.465 e. The molecule has 0 aliphatic heterocycles. The Kier molecular flexibility index (Phi) is 3.85. The van der Waals surface area contributed by atoms with Crippen LogP contribution in [0.5, 0.6) is 0 Å². The fraction of sp³-hybridized carbons (Fsp3) is 0.222. The van der Waals surface area contributed by atoms with Crippen molar-refractivity contribution in [3.63, 3.8) is 0 Å². The summed E-state index contributed by atoms with van der Waals surface area (Å²) in [4.78, 5) is 11.2. The molecule has 0 spiro atoms. The van der Waals surface area contributed by atoms with Crippen LogP contribution in [0.15, 0.2) is 16.6 Å². The Morgan fingerprint density at radius 2 is 2.00 bits per heavy atom. The van der Waals surface area contributed by atoms with E-state index in [0.717, 1.165) is 19.2 Å². The van der Waals surface area contributed by atoms with Crippen molar-refractivity contribution in [3.05, 3.63) is 32.8 Å². The zero-order valence-corrected chi connectivity index (χ0v) is 10.2. The van der Waals surface area contributed by atoms with Gasteiger partial charge in [0.25, 0.3) is 0 Å². The minimum Gasteiger partial charge on any atom is -0.465 e. The second kappa shape index (κ2) is 4.63. The number of benzene rings is 1. The molecule has 0 unspecified atom stereocenters. The summed E-state index contributed by atoms with van der Waals surface area (Å²) in [6.45, 7) is 0. The van der Waals surface area contributed by atoms with E-state index in [-0.39, 0.29) is 9.50 Å². The first kappa shape index (κ1) is 13.3. The molecule has 0 radical (unpaired) electrons. The van der Waals surface area contributed by atoms with Gasteiger partial charge in [-0.2, -0.15) is 13.2 Å². The van der Waals surface area contributed by atoms with E-state index in [1.165, 1.54) is 0 Å². The molecule has 88 valence electrons. The number of halogens is 5.